The van der Waals surface area contributed by atoms with Gasteiger partial charge in [0.1, 0.15) is 11.5 Å². The maximum atomic E-state index is 9.31. The van der Waals surface area contributed by atoms with Crippen molar-refractivity contribution in [2.24, 2.45) is 0 Å². The van der Waals surface area contributed by atoms with E-state index in [-0.39, 0.29) is 11.7 Å². The van der Waals surface area contributed by atoms with E-state index in [9.17, 15) is 5.11 Å². The number of phenols is 1. The normalized spacial score (nSPS) is 12.2. The van der Waals surface area contributed by atoms with Crippen LogP contribution in [0.5, 0.6) is 11.5 Å². The van der Waals surface area contributed by atoms with Gasteiger partial charge in [-0.1, -0.05) is 42.5 Å². The van der Waals surface area contributed by atoms with Gasteiger partial charge < -0.3 is 9.84 Å². The molecule has 20 heavy (non-hydrogen) atoms. The molecule has 0 saturated heterocycles. The lowest BCUT2D eigenvalue weighted by atomic mass is 9.98. The summed E-state index contributed by atoms with van der Waals surface area (Å²) in [6, 6.07) is 15.1. The largest absolute Gasteiger partial charge is 0.508 e. The first kappa shape index (κ1) is 13.9. The van der Waals surface area contributed by atoms with Gasteiger partial charge in [-0.05, 0) is 35.4 Å². The summed E-state index contributed by atoms with van der Waals surface area (Å²) in [6.45, 7) is 3.87. The maximum absolute atomic E-state index is 9.31. The third-order valence-electron chi connectivity index (χ3n) is 3.14. The lowest BCUT2D eigenvalue weighted by molar-refractivity contribution is 0.415. The lowest BCUT2D eigenvalue weighted by Gasteiger charge is -2.08. The number of methoxy groups -OCH3 is 1. The van der Waals surface area contributed by atoms with Gasteiger partial charge in [0.2, 0.25) is 0 Å². The fraction of sp³-hybridized carbons (Fsp3) is 0.111. The zero-order chi connectivity index (χ0) is 14.4. The summed E-state index contributed by atoms with van der Waals surface area (Å²) in [4.78, 5) is 0. The highest BCUT2D eigenvalue weighted by atomic mass is 16.5. The zero-order valence-electron chi connectivity index (χ0n) is 11.5. The zero-order valence-corrected chi connectivity index (χ0v) is 11.5. The van der Waals surface area contributed by atoms with Crippen LogP contribution >= 0.6 is 0 Å². The summed E-state index contributed by atoms with van der Waals surface area (Å²) < 4.78 is 5.13. The average molecular weight is 266 g/mol. The highest BCUT2D eigenvalue weighted by molar-refractivity contribution is 5.53. The highest BCUT2D eigenvalue weighted by Crippen LogP contribution is 2.22. The summed E-state index contributed by atoms with van der Waals surface area (Å²) in [5.74, 6) is 1.24. The van der Waals surface area contributed by atoms with E-state index in [1.54, 1.807) is 19.2 Å². The molecule has 0 saturated carbocycles. The Labute approximate surface area is 119 Å². The van der Waals surface area contributed by atoms with Crippen molar-refractivity contribution in [2.75, 3.05) is 7.11 Å². The molecule has 2 aromatic rings. The molecule has 0 radical (unpaired) electrons. The van der Waals surface area contributed by atoms with Crippen LogP contribution in [0.25, 0.3) is 6.08 Å². The third kappa shape index (κ3) is 3.51. The number of ether oxygens (including phenoxy) is 1. The lowest BCUT2D eigenvalue weighted by Crippen LogP contribution is -1.89. The molecule has 0 amide bonds. The number of allylic oxidation sites excluding steroid dienone is 2. The molecule has 1 unspecified atom stereocenters. The molecular weight excluding hydrogens is 248 g/mol. The highest BCUT2D eigenvalue weighted by Gasteiger charge is 2.03. The van der Waals surface area contributed by atoms with E-state index in [1.807, 2.05) is 42.5 Å². The first-order valence-electron chi connectivity index (χ1n) is 6.46. The molecule has 2 heteroatoms. The molecule has 0 heterocycles. The van der Waals surface area contributed by atoms with Gasteiger partial charge in [0.15, 0.2) is 0 Å². The van der Waals surface area contributed by atoms with Gasteiger partial charge in [-0.25, -0.2) is 0 Å². The van der Waals surface area contributed by atoms with Crippen LogP contribution in [-0.2, 0) is 0 Å². The van der Waals surface area contributed by atoms with Crippen LogP contribution < -0.4 is 4.74 Å². The van der Waals surface area contributed by atoms with Gasteiger partial charge in [0.05, 0.1) is 7.11 Å². The molecule has 102 valence electrons. The molecule has 0 spiro atoms. The maximum Gasteiger partial charge on any atom is 0.118 e. The van der Waals surface area contributed by atoms with E-state index in [1.165, 1.54) is 0 Å². The SMILES string of the molecule is C=CC(/C=C/c1ccc(OC)cc1)c1ccc(O)cc1. The van der Waals surface area contributed by atoms with Gasteiger partial charge >= 0.3 is 0 Å². The first-order valence-corrected chi connectivity index (χ1v) is 6.46. The van der Waals surface area contributed by atoms with Crippen LogP contribution in [-0.4, -0.2) is 12.2 Å². The minimum Gasteiger partial charge on any atom is -0.508 e. The van der Waals surface area contributed by atoms with Crippen molar-refractivity contribution in [1.82, 2.24) is 0 Å². The second kappa shape index (κ2) is 6.62. The molecule has 0 aliphatic heterocycles. The fourth-order valence-electron chi connectivity index (χ4n) is 1.95. The Hall–Kier alpha value is -2.48. The van der Waals surface area contributed by atoms with Gasteiger partial charge in [0, 0.05) is 5.92 Å². The van der Waals surface area contributed by atoms with E-state index in [4.69, 9.17) is 4.74 Å². The van der Waals surface area contributed by atoms with Crippen molar-refractivity contribution in [3.63, 3.8) is 0 Å². The Morgan fingerprint density at radius 2 is 1.70 bits per heavy atom. The number of benzene rings is 2. The van der Waals surface area contributed by atoms with Gasteiger partial charge in [-0.3, -0.25) is 0 Å². The molecule has 0 aliphatic rings. The Bertz CT molecular complexity index is 580. The van der Waals surface area contributed by atoms with Crippen LogP contribution in [0.3, 0.4) is 0 Å². The number of hydrogen-bond donors (Lipinski definition) is 1. The van der Waals surface area contributed by atoms with Gasteiger partial charge in [-0.15, -0.1) is 6.58 Å². The molecular formula is C18H18O2. The van der Waals surface area contributed by atoms with E-state index in [0.29, 0.717) is 0 Å². The Morgan fingerprint density at radius 3 is 2.25 bits per heavy atom. The number of aromatic hydroxyl groups is 1. The second-order valence-corrected chi connectivity index (χ2v) is 4.49. The first-order chi connectivity index (χ1) is 9.72. The Kier molecular flexibility index (Phi) is 4.61. The summed E-state index contributed by atoms with van der Waals surface area (Å²) in [5.41, 5.74) is 2.21. The van der Waals surface area contributed by atoms with Crippen molar-refractivity contribution in [2.45, 2.75) is 5.92 Å². The van der Waals surface area contributed by atoms with Crippen LogP contribution in [0.4, 0.5) is 0 Å². The van der Waals surface area contributed by atoms with E-state index >= 15 is 0 Å². The minimum atomic E-state index is 0.123. The topological polar surface area (TPSA) is 29.5 Å². The average Bonchev–Trinajstić information content (AvgIpc) is 2.50. The van der Waals surface area contributed by atoms with Crippen molar-refractivity contribution >= 4 is 6.08 Å². The van der Waals surface area contributed by atoms with Crippen molar-refractivity contribution in [3.05, 3.63) is 78.4 Å². The van der Waals surface area contributed by atoms with Crippen molar-refractivity contribution in [3.8, 4) is 11.5 Å². The van der Waals surface area contributed by atoms with Crippen LogP contribution in [0, 0.1) is 0 Å². The molecule has 2 rings (SSSR count). The van der Waals surface area contributed by atoms with Gasteiger partial charge in [0.25, 0.3) is 0 Å². The summed E-state index contributed by atoms with van der Waals surface area (Å²) >= 11 is 0. The summed E-state index contributed by atoms with van der Waals surface area (Å²) in [6.07, 6.45) is 6.02. The molecule has 0 fully saturated rings. The fourth-order valence-corrected chi connectivity index (χ4v) is 1.95. The minimum absolute atomic E-state index is 0.123. The number of hydrogen-bond acceptors (Lipinski definition) is 2. The van der Waals surface area contributed by atoms with Crippen LogP contribution in [0.2, 0.25) is 0 Å². The molecule has 1 atom stereocenters. The van der Waals surface area contributed by atoms with Crippen LogP contribution in [0.15, 0.2) is 67.3 Å². The number of phenolic OH excluding ortho intramolecular Hbond substituents is 1. The number of rotatable bonds is 5. The predicted octanol–water partition coefficient (Wildman–Crippen LogP) is 4.38. The molecule has 2 aromatic carbocycles. The van der Waals surface area contributed by atoms with E-state index in [0.717, 1.165) is 16.9 Å². The molecule has 0 aliphatic carbocycles. The quantitative estimate of drug-likeness (QED) is 0.814. The summed E-state index contributed by atoms with van der Waals surface area (Å²) in [7, 11) is 1.66. The monoisotopic (exact) mass is 266 g/mol. The molecule has 0 bridgehead atoms. The van der Waals surface area contributed by atoms with Crippen molar-refractivity contribution < 1.29 is 9.84 Å². The Morgan fingerprint density at radius 1 is 1.05 bits per heavy atom. The van der Waals surface area contributed by atoms with Gasteiger partial charge in [-0.2, -0.15) is 0 Å². The smallest absolute Gasteiger partial charge is 0.118 e. The second-order valence-electron chi connectivity index (χ2n) is 4.49. The van der Waals surface area contributed by atoms with Crippen LogP contribution in [0.1, 0.15) is 17.0 Å². The molecule has 0 aromatic heterocycles. The predicted molar refractivity (Wildman–Crippen MR) is 83.1 cm³/mol. The molecule has 1 N–H and O–H groups in total. The Balaban J connectivity index is 2.14. The van der Waals surface area contributed by atoms with Crippen molar-refractivity contribution in [1.29, 1.82) is 0 Å². The van der Waals surface area contributed by atoms with E-state index < -0.39 is 0 Å². The molecule has 2 nitrogen and oxygen atoms in total. The standard InChI is InChI=1S/C18H18O2/c1-3-15(16-8-10-17(19)11-9-16)7-4-14-5-12-18(20-2)13-6-14/h3-13,15,19H,1H2,2H3/b7-4+. The summed E-state index contributed by atoms with van der Waals surface area (Å²) in [5, 5.41) is 9.31. The van der Waals surface area contributed by atoms with E-state index in [2.05, 4.69) is 18.7 Å². The third-order valence-corrected chi connectivity index (χ3v) is 3.14.